The highest BCUT2D eigenvalue weighted by atomic mass is 16.1. The minimum Gasteiger partial charge on any atom is -0.310 e. The molecule has 1 amide bonds. The van der Waals surface area contributed by atoms with E-state index in [-0.39, 0.29) is 5.91 Å². The summed E-state index contributed by atoms with van der Waals surface area (Å²) in [5.41, 5.74) is 7.66. The third-order valence-corrected chi connectivity index (χ3v) is 8.45. The van der Waals surface area contributed by atoms with Gasteiger partial charge in [0.2, 0.25) is 5.95 Å². The number of aryl methyl sites for hydroxylation is 3. The van der Waals surface area contributed by atoms with Crippen LogP contribution in [0.1, 0.15) is 59.9 Å². The number of aromatic nitrogens is 5. The summed E-state index contributed by atoms with van der Waals surface area (Å²) in [5.74, 6) is 0.444. The Bertz CT molecular complexity index is 1510. The van der Waals surface area contributed by atoms with E-state index in [0.717, 1.165) is 106 Å². The lowest BCUT2D eigenvalue weighted by atomic mass is 10.0. The van der Waals surface area contributed by atoms with Crippen LogP contribution in [0.3, 0.4) is 0 Å². The van der Waals surface area contributed by atoms with Gasteiger partial charge in [0.25, 0.3) is 5.91 Å². The van der Waals surface area contributed by atoms with Crippen molar-refractivity contribution in [2.45, 2.75) is 59.0 Å². The van der Waals surface area contributed by atoms with Crippen molar-refractivity contribution in [3.63, 3.8) is 0 Å². The van der Waals surface area contributed by atoms with Gasteiger partial charge >= 0.3 is 0 Å². The number of nitrogens with one attached hydrogen (secondary N) is 1. The van der Waals surface area contributed by atoms with Crippen LogP contribution in [0.4, 0.5) is 5.95 Å². The molecule has 0 atom stereocenters. The molecule has 0 unspecified atom stereocenters. The van der Waals surface area contributed by atoms with Crippen LogP contribution >= 0.6 is 0 Å². The topological polar surface area (TPSA) is 84.1 Å². The van der Waals surface area contributed by atoms with Crippen molar-refractivity contribution in [3.8, 4) is 11.3 Å². The molecule has 2 aliphatic heterocycles. The number of imidazole rings is 1. The first-order valence-electron chi connectivity index (χ1n) is 14.7. The summed E-state index contributed by atoms with van der Waals surface area (Å²) >= 11 is 0. The summed E-state index contributed by atoms with van der Waals surface area (Å²) in [6.45, 7) is 11.5. The minimum absolute atomic E-state index is 0.169. The number of likely N-dealkylation sites (N-methyl/N-ethyl adjacent to an activating group) is 1. The third-order valence-electron chi connectivity index (χ3n) is 8.45. The zero-order chi connectivity index (χ0) is 27.6. The predicted octanol–water partition coefficient (Wildman–Crippen LogP) is 4.65. The Morgan fingerprint density at radius 1 is 0.925 bits per heavy atom. The number of anilines is 1. The number of pyridine rings is 1. The van der Waals surface area contributed by atoms with Gasteiger partial charge in [-0.3, -0.25) is 24.7 Å². The van der Waals surface area contributed by atoms with E-state index in [2.05, 4.69) is 49.9 Å². The van der Waals surface area contributed by atoms with E-state index in [1.54, 1.807) is 0 Å². The van der Waals surface area contributed by atoms with Gasteiger partial charge in [0.1, 0.15) is 0 Å². The first-order chi connectivity index (χ1) is 19.5. The number of amides is 1. The second kappa shape index (κ2) is 11.5. The minimum atomic E-state index is -0.169. The highest BCUT2D eigenvalue weighted by Crippen LogP contribution is 2.27. The molecule has 5 heterocycles. The van der Waals surface area contributed by atoms with Gasteiger partial charge in [0.05, 0.1) is 22.9 Å². The molecule has 0 radical (unpaired) electrons. The number of benzene rings is 1. The smallest absolute Gasteiger partial charge is 0.258 e. The Labute approximate surface area is 236 Å². The number of piperazine rings is 1. The highest BCUT2D eigenvalue weighted by molar-refractivity contribution is 6.04. The molecule has 1 N–H and O–H groups in total. The maximum Gasteiger partial charge on any atom is 0.258 e. The summed E-state index contributed by atoms with van der Waals surface area (Å²) < 4.78 is 4.15. The molecule has 2 aliphatic rings. The number of hydrogen-bond donors (Lipinski definition) is 1. The van der Waals surface area contributed by atoms with Gasteiger partial charge < -0.3 is 9.47 Å². The van der Waals surface area contributed by atoms with E-state index in [4.69, 9.17) is 9.97 Å². The molecular formula is C31H40N8O. The highest BCUT2D eigenvalue weighted by Gasteiger charge is 2.20. The van der Waals surface area contributed by atoms with Crippen LogP contribution in [0.25, 0.3) is 22.3 Å². The SMILES string of the molecule is CCN1CCN(Cc2ccc3nc4n(c3c2)CCCCCCc2c(cnn2C)-c2cc(cc(C)n2)C(=O)N4)CC1. The molecule has 1 fully saturated rings. The van der Waals surface area contributed by atoms with Gasteiger partial charge in [-0.05, 0) is 62.6 Å². The number of nitrogens with zero attached hydrogens (tertiary/aromatic N) is 7. The molecule has 9 nitrogen and oxygen atoms in total. The van der Waals surface area contributed by atoms with Crippen LogP contribution < -0.4 is 5.32 Å². The van der Waals surface area contributed by atoms with Crippen molar-refractivity contribution in [2.24, 2.45) is 7.05 Å². The van der Waals surface area contributed by atoms with Crippen LogP contribution in [0.5, 0.6) is 0 Å². The van der Waals surface area contributed by atoms with Crippen LogP contribution in [-0.2, 0) is 26.6 Å². The molecule has 1 saturated heterocycles. The Hall–Kier alpha value is -3.56. The van der Waals surface area contributed by atoms with Crippen LogP contribution in [0.15, 0.2) is 36.5 Å². The lowest BCUT2D eigenvalue weighted by molar-refractivity contribution is 0.102. The average Bonchev–Trinajstić information content (AvgIpc) is 3.49. The van der Waals surface area contributed by atoms with Gasteiger partial charge in [-0.25, -0.2) is 4.98 Å². The zero-order valence-corrected chi connectivity index (χ0v) is 24.0. The van der Waals surface area contributed by atoms with E-state index in [0.29, 0.717) is 11.5 Å². The second-order valence-corrected chi connectivity index (χ2v) is 11.2. The lowest BCUT2D eigenvalue weighted by Gasteiger charge is -2.34. The Morgan fingerprint density at radius 3 is 2.55 bits per heavy atom. The quantitative estimate of drug-likeness (QED) is 0.407. The Balaban J connectivity index is 1.32. The van der Waals surface area contributed by atoms with E-state index < -0.39 is 0 Å². The van der Waals surface area contributed by atoms with Crippen molar-refractivity contribution in [2.75, 3.05) is 38.0 Å². The van der Waals surface area contributed by atoms with Crippen LogP contribution in [-0.4, -0.2) is 72.7 Å². The second-order valence-electron chi connectivity index (χ2n) is 11.2. The molecule has 4 aromatic rings. The van der Waals surface area contributed by atoms with Crippen molar-refractivity contribution in [1.82, 2.24) is 34.1 Å². The summed E-state index contributed by atoms with van der Waals surface area (Å²) in [4.78, 5) is 28.3. The van der Waals surface area contributed by atoms with Gasteiger partial charge in [-0.1, -0.05) is 25.8 Å². The van der Waals surface area contributed by atoms with Crippen LogP contribution in [0, 0.1) is 6.92 Å². The first-order valence-corrected chi connectivity index (χ1v) is 14.7. The number of carbonyl (C=O) groups excluding carboxylic acids is 1. The van der Waals surface area contributed by atoms with Crippen molar-refractivity contribution >= 4 is 22.9 Å². The van der Waals surface area contributed by atoms with E-state index in [1.165, 1.54) is 11.3 Å². The first kappa shape index (κ1) is 26.7. The lowest BCUT2D eigenvalue weighted by Crippen LogP contribution is -2.45. The number of fused-ring (bicyclic) bond motifs is 7. The maximum absolute atomic E-state index is 13.6. The maximum atomic E-state index is 13.6. The van der Waals surface area contributed by atoms with Crippen molar-refractivity contribution in [1.29, 1.82) is 0 Å². The van der Waals surface area contributed by atoms with Gasteiger partial charge in [0.15, 0.2) is 0 Å². The summed E-state index contributed by atoms with van der Waals surface area (Å²) in [6, 6.07) is 10.3. The molecule has 0 aliphatic carbocycles. The fourth-order valence-corrected chi connectivity index (χ4v) is 6.11. The van der Waals surface area contributed by atoms with Gasteiger partial charge in [-0.15, -0.1) is 0 Å². The molecular weight excluding hydrogens is 500 g/mol. The average molecular weight is 541 g/mol. The Kier molecular flexibility index (Phi) is 7.67. The summed E-state index contributed by atoms with van der Waals surface area (Å²) in [7, 11) is 1.99. The molecule has 210 valence electrons. The standard InChI is InChI=1S/C31H40N8O/c1-4-37-13-15-38(16-14-37)21-23-10-11-26-29(18-23)39-12-8-6-5-7-9-28-25(20-32-36(28)3)27-19-24(17-22(2)33-27)30(40)35-31(39)34-26/h10-11,17-20H,4-9,12-16,21H2,1-3H3,(H,34,35,40). The fourth-order valence-electron chi connectivity index (χ4n) is 6.11. The predicted molar refractivity (Wildman–Crippen MR) is 158 cm³/mol. The van der Waals surface area contributed by atoms with Gasteiger partial charge in [0, 0.05) is 68.8 Å². The van der Waals surface area contributed by atoms with E-state index in [9.17, 15) is 4.79 Å². The zero-order valence-electron chi connectivity index (χ0n) is 24.0. The molecule has 6 rings (SSSR count). The largest absolute Gasteiger partial charge is 0.310 e. The molecule has 0 saturated carbocycles. The van der Waals surface area contributed by atoms with Crippen LogP contribution in [0.2, 0.25) is 0 Å². The molecule has 0 spiro atoms. The summed E-state index contributed by atoms with van der Waals surface area (Å²) in [6.07, 6.45) is 7.20. The van der Waals surface area contributed by atoms with Crippen molar-refractivity contribution < 1.29 is 4.79 Å². The molecule has 1 aromatic carbocycles. The summed E-state index contributed by atoms with van der Waals surface area (Å²) in [5, 5.41) is 7.65. The number of hydrogen-bond acceptors (Lipinski definition) is 6. The fraction of sp³-hybridized carbons (Fsp3) is 0.484. The van der Waals surface area contributed by atoms with Crippen molar-refractivity contribution in [3.05, 3.63) is 59.0 Å². The molecule has 3 aromatic heterocycles. The molecule has 2 bridgehead atoms. The molecule has 40 heavy (non-hydrogen) atoms. The normalized spacial score (nSPS) is 17.6. The van der Waals surface area contributed by atoms with E-state index in [1.807, 2.05) is 37.0 Å². The third kappa shape index (κ3) is 5.53. The Morgan fingerprint density at radius 2 is 1.73 bits per heavy atom. The number of carbonyl (C=O) groups is 1. The monoisotopic (exact) mass is 540 g/mol. The van der Waals surface area contributed by atoms with E-state index >= 15 is 0 Å². The van der Waals surface area contributed by atoms with Gasteiger partial charge in [-0.2, -0.15) is 5.10 Å². The molecule has 9 heteroatoms. The number of rotatable bonds is 3.